The molecule has 0 radical (unpaired) electrons. The highest BCUT2D eigenvalue weighted by molar-refractivity contribution is 9.10. The predicted octanol–water partition coefficient (Wildman–Crippen LogP) is 4.16. The maximum atomic E-state index is 12.0. The van der Waals surface area contributed by atoms with Gasteiger partial charge in [0.05, 0.1) is 19.8 Å². The van der Waals surface area contributed by atoms with Gasteiger partial charge in [0.15, 0.2) is 0 Å². The van der Waals surface area contributed by atoms with E-state index in [2.05, 4.69) is 22.0 Å². The van der Waals surface area contributed by atoms with Crippen LogP contribution in [0.25, 0.3) is 5.57 Å². The Bertz CT molecular complexity index is 747. The summed E-state index contributed by atoms with van der Waals surface area (Å²) in [7, 11) is 3.05. The van der Waals surface area contributed by atoms with Gasteiger partial charge in [-0.2, -0.15) is 0 Å². The molecule has 0 saturated heterocycles. The summed E-state index contributed by atoms with van der Waals surface area (Å²) in [5, 5.41) is 0. The van der Waals surface area contributed by atoms with Crippen molar-refractivity contribution in [1.82, 2.24) is 0 Å². The maximum absolute atomic E-state index is 12.0. The zero-order valence-corrected chi connectivity index (χ0v) is 13.9. The van der Waals surface area contributed by atoms with Gasteiger partial charge in [-0.1, -0.05) is 40.2 Å². The zero-order valence-electron chi connectivity index (χ0n) is 12.3. The normalized spacial score (nSPS) is 16.0. The molecule has 0 aromatic heterocycles. The molecule has 0 fully saturated rings. The Balaban J connectivity index is 2.09. The van der Waals surface area contributed by atoms with Crippen LogP contribution in [0.3, 0.4) is 0 Å². The smallest absolute Gasteiger partial charge is 0.338 e. The second kappa shape index (κ2) is 5.97. The molecule has 1 aliphatic rings. The van der Waals surface area contributed by atoms with E-state index in [-0.39, 0.29) is 11.9 Å². The summed E-state index contributed by atoms with van der Waals surface area (Å²) < 4.78 is 11.1. The molecule has 2 aromatic rings. The molecule has 1 unspecified atom stereocenters. The van der Waals surface area contributed by atoms with Crippen molar-refractivity contribution in [1.29, 1.82) is 0 Å². The van der Waals surface area contributed by atoms with Crippen LogP contribution in [-0.2, 0) is 9.53 Å². The van der Waals surface area contributed by atoms with Crippen LogP contribution in [0.5, 0.6) is 5.75 Å². The second-order valence-corrected chi connectivity index (χ2v) is 5.97. The summed E-state index contributed by atoms with van der Waals surface area (Å²) in [6.07, 6.45) is 1.96. The molecule has 0 bridgehead atoms. The van der Waals surface area contributed by atoms with E-state index in [1.165, 1.54) is 7.11 Å². The number of esters is 1. The quantitative estimate of drug-likeness (QED) is 0.772. The molecule has 0 N–H and O–H groups in total. The fraction of sp³-hybridized carbons (Fsp3) is 0.167. The van der Waals surface area contributed by atoms with Gasteiger partial charge in [-0.3, -0.25) is 0 Å². The van der Waals surface area contributed by atoms with Crippen molar-refractivity contribution in [2.45, 2.75) is 5.92 Å². The molecule has 112 valence electrons. The standard InChI is InChI=1S/C18H15BrO3/c1-21-13-6-3-11(4-7-13)15-10-17(18(20)22-2)14-8-5-12(19)9-16(14)15/h3-10,15H,1-2H3. The molecular formula is C18H15BrO3. The Morgan fingerprint density at radius 2 is 1.82 bits per heavy atom. The van der Waals surface area contributed by atoms with Gasteiger partial charge in [0, 0.05) is 10.4 Å². The van der Waals surface area contributed by atoms with E-state index in [9.17, 15) is 4.79 Å². The van der Waals surface area contributed by atoms with Crippen molar-refractivity contribution in [2.24, 2.45) is 0 Å². The molecule has 0 saturated carbocycles. The largest absolute Gasteiger partial charge is 0.497 e. The molecule has 2 aromatic carbocycles. The van der Waals surface area contributed by atoms with Gasteiger partial charge in [0.25, 0.3) is 0 Å². The molecule has 1 atom stereocenters. The number of carbonyl (C=O) groups excluding carboxylic acids is 1. The minimum Gasteiger partial charge on any atom is -0.497 e. The number of benzene rings is 2. The van der Waals surface area contributed by atoms with Crippen molar-refractivity contribution < 1.29 is 14.3 Å². The van der Waals surface area contributed by atoms with Crippen molar-refractivity contribution in [3.8, 4) is 5.75 Å². The number of halogens is 1. The number of hydrogen-bond acceptors (Lipinski definition) is 3. The number of hydrogen-bond donors (Lipinski definition) is 0. The highest BCUT2D eigenvalue weighted by atomic mass is 79.9. The van der Waals surface area contributed by atoms with Crippen molar-refractivity contribution in [3.05, 3.63) is 69.7 Å². The van der Waals surface area contributed by atoms with E-state index < -0.39 is 0 Å². The Hall–Kier alpha value is -2.07. The Morgan fingerprint density at radius 1 is 1.09 bits per heavy atom. The molecule has 0 heterocycles. The van der Waals surface area contributed by atoms with E-state index in [0.29, 0.717) is 5.57 Å². The Morgan fingerprint density at radius 3 is 2.45 bits per heavy atom. The fourth-order valence-corrected chi connectivity index (χ4v) is 3.14. The van der Waals surface area contributed by atoms with Gasteiger partial charge in [0.2, 0.25) is 0 Å². The first kappa shape index (κ1) is 14.9. The summed E-state index contributed by atoms with van der Waals surface area (Å²) in [5.41, 5.74) is 3.75. The number of fused-ring (bicyclic) bond motifs is 1. The van der Waals surface area contributed by atoms with Crippen molar-refractivity contribution in [3.63, 3.8) is 0 Å². The van der Waals surface area contributed by atoms with E-state index >= 15 is 0 Å². The van der Waals surface area contributed by atoms with Gasteiger partial charge >= 0.3 is 5.97 Å². The highest BCUT2D eigenvalue weighted by Crippen LogP contribution is 2.41. The second-order valence-electron chi connectivity index (χ2n) is 5.05. The molecule has 0 spiro atoms. The molecule has 0 aliphatic heterocycles. The average molecular weight is 359 g/mol. The molecule has 1 aliphatic carbocycles. The fourth-order valence-electron chi connectivity index (χ4n) is 2.76. The van der Waals surface area contributed by atoms with Crippen LogP contribution < -0.4 is 4.74 Å². The SMILES string of the molecule is COC(=O)C1=CC(c2ccc(OC)cc2)c2cc(Br)ccc21. The first-order valence-electron chi connectivity index (χ1n) is 6.88. The van der Waals surface area contributed by atoms with Crippen molar-refractivity contribution >= 4 is 27.5 Å². The number of methoxy groups -OCH3 is 2. The third kappa shape index (κ3) is 2.55. The molecule has 0 amide bonds. The van der Waals surface area contributed by atoms with Gasteiger partial charge < -0.3 is 9.47 Å². The number of ether oxygens (including phenoxy) is 2. The molecule has 4 heteroatoms. The lowest BCUT2D eigenvalue weighted by atomic mass is 9.93. The van der Waals surface area contributed by atoms with Gasteiger partial charge in [-0.15, -0.1) is 0 Å². The van der Waals surface area contributed by atoms with Crippen LogP contribution in [-0.4, -0.2) is 20.2 Å². The van der Waals surface area contributed by atoms with Crippen LogP contribution >= 0.6 is 15.9 Å². The third-order valence-electron chi connectivity index (χ3n) is 3.85. The summed E-state index contributed by atoms with van der Waals surface area (Å²) in [4.78, 5) is 12.0. The summed E-state index contributed by atoms with van der Waals surface area (Å²) in [6, 6.07) is 13.8. The minimum atomic E-state index is -0.306. The number of rotatable bonds is 3. The third-order valence-corrected chi connectivity index (χ3v) is 4.35. The molecule has 3 rings (SSSR count). The summed E-state index contributed by atoms with van der Waals surface area (Å²) in [6.45, 7) is 0. The van der Waals surface area contributed by atoms with E-state index in [1.807, 2.05) is 42.5 Å². The van der Waals surface area contributed by atoms with E-state index in [0.717, 1.165) is 26.9 Å². The maximum Gasteiger partial charge on any atom is 0.338 e. The highest BCUT2D eigenvalue weighted by Gasteiger charge is 2.29. The monoisotopic (exact) mass is 358 g/mol. The van der Waals surface area contributed by atoms with Crippen molar-refractivity contribution in [2.75, 3.05) is 14.2 Å². The van der Waals surface area contributed by atoms with E-state index in [4.69, 9.17) is 9.47 Å². The van der Waals surface area contributed by atoms with Gasteiger partial charge in [-0.05, 0) is 41.0 Å². The van der Waals surface area contributed by atoms with Gasteiger partial charge in [0.1, 0.15) is 5.75 Å². The molecule has 3 nitrogen and oxygen atoms in total. The Kier molecular flexibility index (Phi) is 4.03. The Labute approximate surface area is 137 Å². The van der Waals surface area contributed by atoms with Gasteiger partial charge in [-0.25, -0.2) is 4.79 Å². The van der Waals surface area contributed by atoms with E-state index in [1.54, 1.807) is 7.11 Å². The first-order chi connectivity index (χ1) is 10.6. The predicted molar refractivity (Wildman–Crippen MR) is 89.0 cm³/mol. The van der Waals surface area contributed by atoms with Crippen LogP contribution in [0.1, 0.15) is 22.6 Å². The number of allylic oxidation sites excluding steroid dienone is 1. The minimum absolute atomic E-state index is 0.0347. The molecular weight excluding hydrogens is 344 g/mol. The lowest BCUT2D eigenvalue weighted by Crippen LogP contribution is -2.02. The summed E-state index contributed by atoms with van der Waals surface area (Å²) in [5.74, 6) is 0.542. The van der Waals surface area contributed by atoms with Crippen LogP contribution in [0.2, 0.25) is 0 Å². The lowest BCUT2D eigenvalue weighted by Gasteiger charge is -2.12. The summed E-state index contributed by atoms with van der Waals surface area (Å²) >= 11 is 3.50. The van der Waals surface area contributed by atoms with Crippen LogP contribution in [0, 0.1) is 0 Å². The molecule has 22 heavy (non-hydrogen) atoms. The topological polar surface area (TPSA) is 35.5 Å². The average Bonchev–Trinajstić information content (AvgIpc) is 2.93. The lowest BCUT2D eigenvalue weighted by molar-refractivity contribution is -0.133. The first-order valence-corrected chi connectivity index (χ1v) is 7.67. The zero-order chi connectivity index (χ0) is 15.7. The van der Waals surface area contributed by atoms with Crippen LogP contribution in [0.4, 0.5) is 0 Å². The van der Waals surface area contributed by atoms with Crippen LogP contribution in [0.15, 0.2) is 53.0 Å². The number of carbonyl (C=O) groups is 1.